The van der Waals surface area contributed by atoms with Crippen molar-refractivity contribution in [3.8, 4) is 0 Å². The van der Waals surface area contributed by atoms with Gasteiger partial charge in [0.15, 0.2) is 0 Å². The minimum Gasteiger partial charge on any atom is -0.444 e. The van der Waals surface area contributed by atoms with Gasteiger partial charge in [-0.15, -0.1) is 0 Å². The quantitative estimate of drug-likeness (QED) is 0.684. The van der Waals surface area contributed by atoms with Crippen LogP contribution in [0.3, 0.4) is 0 Å². The molecule has 1 amide bonds. The molecule has 3 aromatic carbocycles. The van der Waals surface area contributed by atoms with Crippen LogP contribution in [-0.4, -0.2) is 29.4 Å². The Morgan fingerprint density at radius 1 is 1.04 bits per heavy atom. The molecule has 0 saturated carbocycles. The normalized spacial score (nSPS) is 12.9. The maximum atomic E-state index is 12.1. The largest absolute Gasteiger partial charge is 0.444 e. The fourth-order valence-corrected chi connectivity index (χ4v) is 3.21. The van der Waals surface area contributed by atoms with Gasteiger partial charge in [0.05, 0.1) is 12.6 Å². The molecular formula is C22H25NO3. The fourth-order valence-electron chi connectivity index (χ4n) is 3.21. The monoisotopic (exact) mass is 351 g/mol. The summed E-state index contributed by atoms with van der Waals surface area (Å²) >= 11 is 0. The van der Waals surface area contributed by atoms with E-state index in [0.29, 0.717) is 6.42 Å². The third-order valence-corrected chi connectivity index (χ3v) is 4.27. The second kappa shape index (κ2) is 7.34. The van der Waals surface area contributed by atoms with Crippen LogP contribution in [0.5, 0.6) is 0 Å². The molecule has 0 radical (unpaired) electrons. The summed E-state index contributed by atoms with van der Waals surface area (Å²) in [6.07, 6.45) is 0.0125. The number of alkyl carbamates (subject to hydrolysis) is 1. The van der Waals surface area contributed by atoms with E-state index >= 15 is 0 Å². The van der Waals surface area contributed by atoms with Crippen LogP contribution in [0, 0.1) is 0 Å². The molecule has 4 heteroatoms. The zero-order valence-electron chi connectivity index (χ0n) is 15.5. The fraction of sp³-hybridized carbons (Fsp3) is 0.318. The third-order valence-electron chi connectivity index (χ3n) is 4.27. The van der Waals surface area contributed by atoms with E-state index in [1.165, 1.54) is 0 Å². The average Bonchev–Trinajstić information content (AvgIpc) is 2.59. The molecule has 0 heterocycles. The van der Waals surface area contributed by atoms with Gasteiger partial charge in [0, 0.05) is 0 Å². The third kappa shape index (κ3) is 4.14. The molecule has 136 valence electrons. The SMILES string of the molecule is CC(C)(C)OC(=O)NC(CO)Cc1c2ccccc2cc2ccccc12. The molecule has 0 aliphatic heterocycles. The number of carbonyl (C=O) groups excluding carboxylic acids is 1. The number of fused-ring (bicyclic) bond motifs is 2. The lowest BCUT2D eigenvalue weighted by Crippen LogP contribution is -2.42. The summed E-state index contributed by atoms with van der Waals surface area (Å²) < 4.78 is 5.32. The first-order valence-electron chi connectivity index (χ1n) is 8.87. The zero-order valence-corrected chi connectivity index (χ0v) is 15.5. The molecule has 0 fully saturated rings. The first-order chi connectivity index (χ1) is 12.4. The molecule has 2 N–H and O–H groups in total. The molecule has 0 bridgehead atoms. The minimum absolute atomic E-state index is 0.156. The summed E-state index contributed by atoms with van der Waals surface area (Å²) in [6, 6.07) is 18.1. The number of rotatable bonds is 4. The Kier molecular flexibility index (Phi) is 5.14. The van der Waals surface area contributed by atoms with Crippen LogP contribution in [0.25, 0.3) is 21.5 Å². The van der Waals surface area contributed by atoms with Crippen LogP contribution in [0.2, 0.25) is 0 Å². The van der Waals surface area contributed by atoms with Crippen LogP contribution in [0.4, 0.5) is 4.79 Å². The predicted molar refractivity (Wildman–Crippen MR) is 105 cm³/mol. The summed E-state index contributed by atoms with van der Waals surface area (Å²) in [5, 5.41) is 17.2. The van der Waals surface area contributed by atoms with E-state index < -0.39 is 17.7 Å². The number of hydrogen-bond acceptors (Lipinski definition) is 3. The first-order valence-corrected chi connectivity index (χ1v) is 8.87. The molecular weight excluding hydrogens is 326 g/mol. The van der Waals surface area contributed by atoms with Crippen molar-refractivity contribution in [1.82, 2.24) is 5.32 Å². The lowest BCUT2D eigenvalue weighted by Gasteiger charge is -2.23. The van der Waals surface area contributed by atoms with Gasteiger partial charge >= 0.3 is 6.09 Å². The number of aliphatic hydroxyl groups excluding tert-OH is 1. The molecule has 1 atom stereocenters. The number of nitrogens with one attached hydrogen (secondary N) is 1. The van der Waals surface area contributed by atoms with Gasteiger partial charge in [-0.25, -0.2) is 4.79 Å². The summed E-state index contributed by atoms with van der Waals surface area (Å²) in [5.74, 6) is 0. The molecule has 4 nitrogen and oxygen atoms in total. The Morgan fingerprint density at radius 3 is 2.08 bits per heavy atom. The summed E-state index contributed by atoms with van der Waals surface area (Å²) in [6.45, 7) is 5.30. The van der Waals surface area contributed by atoms with Gasteiger partial charge in [-0.3, -0.25) is 0 Å². The highest BCUT2D eigenvalue weighted by Crippen LogP contribution is 2.29. The number of aliphatic hydroxyl groups is 1. The van der Waals surface area contributed by atoms with Crippen molar-refractivity contribution < 1.29 is 14.6 Å². The topological polar surface area (TPSA) is 58.6 Å². The standard InChI is InChI=1S/C22H25NO3/c1-22(2,3)26-21(25)23-17(14-24)13-20-18-10-6-4-8-15(18)12-16-9-5-7-11-19(16)20/h4-12,17,24H,13-14H2,1-3H3,(H,23,25). The molecule has 26 heavy (non-hydrogen) atoms. The van der Waals surface area contributed by atoms with Gasteiger partial charge in [0.2, 0.25) is 0 Å². The van der Waals surface area contributed by atoms with Gasteiger partial charge in [-0.05, 0) is 60.4 Å². The van der Waals surface area contributed by atoms with E-state index in [9.17, 15) is 9.90 Å². The maximum absolute atomic E-state index is 12.1. The van der Waals surface area contributed by atoms with Crippen molar-refractivity contribution in [2.45, 2.75) is 38.8 Å². The number of amides is 1. The maximum Gasteiger partial charge on any atom is 0.407 e. The molecule has 0 aliphatic rings. The summed E-state index contributed by atoms with van der Waals surface area (Å²) in [5.41, 5.74) is 0.546. The molecule has 3 rings (SSSR count). The van der Waals surface area contributed by atoms with Crippen molar-refractivity contribution in [3.63, 3.8) is 0 Å². The lowest BCUT2D eigenvalue weighted by molar-refractivity contribution is 0.0483. The Balaban J connectivity index is 1.96. The number of benzene rings is 3. The van der Waals surface area contributed by atoms with E-state index in [-0.39, 0.29) is 6.61 Å². The van der Waals surface area contributed by atoms with Crippen molar-refractivity contribution >= 4 is 27.6 Å². The Hall–Kier alpha value is -2.59. The van der Waals surface area contributed by atoms with Crippen LogP contribution in [0.1, 0.15) is 26.3 Å². The summed E-state index contributed by atoms with van der Waals surface area (Å²) in [7, 11) is 0. The Morgan fingerprint density at radius 2 is 1.58 bits per heavy atom. The van der Waals surface area contributed by atoms with Crippen LogP contribution in [0.15, 0.2) is 54.6 Å². The van der Waals surface area contributed by atoms with Gasteiger partial charge < -0.3 is 15.2 Å². The second-order valence-corrected chi connectivity index (χ2v) is 7.53. The Labute approximate surface area is 153 Å². The van der Waals surface area contributed by atoms with E-state index in [1.807, 2.05) is 45.0 Å². The lowest BCUT2D eigenvalue weighted by atomic mass is 9.93. The molecule has 1 unspecified atom stereocenters. The van der Waals surface area contributed by atoms with Gasteiger partial charge in [0.1, 0.15) is 5.60 Å². The van der Waals surface area contributed by atoms with Crippen molar-refractivity contribution in [2.75, 3.05) is 6.61 Å². The van der Waals surface area contributed by atoms with Crippen LogP contribution in [-0.2, 0) is 11.2 Å². The van der Waals surface area contributed by atoms with Crippen LogP contribution >= 0.6 is 0 Å². The molecule has 0 aromatic heterocycles. The smallest absolute Gasteiger partial charge is 0.407 e. The average molecular weight is 351 g/mol. The number of ether oxygens (including phenoxy) is 1. The molecule has 3 aromatic rings. The highest BCUT2D eigenvalue weighted by atomic mass is 16.6. The minimum atomic E-state index is -0.573. The molecule has 0 aliphatic carbocycles. The second-order valence-electron chi connectivity index (χ2n) is 7.53. The molecule has 0 saturated heterocycles. The predicted octanol–water partition coefficient (Wildman–Crippen LogP) is 4.42. The van der Waals surface area contributed by atoms with Gasteiger partial charge in [-0.1, -0.05) is 48.5 Å². The van der Waals surface area contributed by atoms with Crippen molar-refractivity contribution in [1.29, 1.82) is 0 Å². The van der Waals surface area contributed by atoms with E-state index in [1.54, 1.807) is 0 Å². The number of carbonyl (C=O) groups is 1. The van der Waals surface area contributed by atoms with E-state index in [4.69, 9.17) is 4.74 Å². The van der Waals surface area contributed by atoms with E-state index in [0.717, 1.165) is 27.1 Å². The molecule has 0 spiro atoms. The van der Waals surface area contributed by atoms with Gasteiger partial charge in [-0.2, -0.15) is 0 Å². The zero-order chi connectivity index (χ0) is 18.7. The van der Waals surface area contributed by atoms with E-state index in [2.05, 4.69) is 35.6 Å². The van der Waals surface area contributed by atoms with Crippen molar-refractivity contribution in [2.24, 2.45) is 0 Å². The van der Waals surface area contributed by atoms with Crippen molar-refractivity contribution in [3.05, 3.63) is 60.2 Å². The highest BCUT2D eigenvalue weighted by Gasteiger charge is 2.20. The summed E-state index contributed by atoms with van der Waals surface area (Å²) in [4.78, 5) is 12.1. The van der Waals surface area contributed by atoms with Crippen LogP contribution < -0.4 is 5.32 Å². The van der Waals surface area contributed by atoms with Gasteiger partial charge in [0.25, 0.3) is 0 Å². The highest BCUT2D eigenvalue weighted by molar-refractivity contribution is 6.02. The number of hydrogen-bond donors (Lipinski definition) is 2. The first kappa shape index (κ1) is 18.2. The Bertz CT molecular complexity index is 873.